The van der Waals surface area contributed by atoms with Crippen molar-refractivity contribution in [3.05, 3.63) is 34.9 Å². The van der Waals surface area contributed by atoms with E-state index in [0.717, 1.165) is 19.7 Å². The lowest BCUT2D eigenvalue weighted by molar-refractivity contribution is 0.0946. The second kappa shape index (κ2) is 8.25. The van der Waals surface area contributed by atoms with Crippen molar-refractivity contribution in [2.45, 2.75) is 13.3 Å². The van der Waals surface area contributed by atoms with Gasteiger partial charge in [-0.15, -0.1) is 0 Å². The maximum Gasteiger partial charge on any atom is 0.165 e. The first-order valence-corrected chi connectivity index (χ1v) is 6.57. The first-order valence-electron chi connectivity index (χ1n) is 6.19. The summed E-state index contributed by atoms with van der Waals surface area (Å²) < 4.78 is 5.27. The van der Waals surface area contributed by atoms with Gasteiger partial charge in [-0.1, -0.05) is 23.7 Å². The van der Waals surface area contributed by atoms with E-state index in [2.05, 4.69) is 4.90 Å². The highest BCUT2D eigenvalue weighted by atomic mass is 35.5. The number of halogens is 1. The van der Waals surface area contributed by atoms with Gasteiger partial charge >= 0.3 is 0 Å². The number of ketones is 1. The molecule has 0 saturated heterocycles. The summed E-state index contributed by atoms with van der Waals surface area (Å²) in [6.07, 6.45) is 0.479. The van der Waals surface area contributed by atoms with Crippen LogP contribution in [0, 0.1) is 0 Å². The number of hydrogen-bond donors (Lipinski definition) is 0. The van der Waals surface area contributed by atoms with Crippen LogP contribution in [0.15, 0.2) is 24.3 Å². The number of benzene rings is 1. The highest BCUT2D eigenvalue weighted by molar-refractivity contribution is 6.33. The summed E-state index contributed by atoms with van der Waals surface area (Å²) in [7, 11) is 1.99. The Hall–Kier alpha value is -0.900. The molecule has 1 aromatic rings. The van der Waals surface area contributed by atoms with Gasteiger partial charge < -0.3 is 9.64 Å². The van der Waals surface area contributed by atoms with Crippen LogP contribution in [0.1, 0.15) is 23.7 Å². The maximum atomic E-state index is 12.0. The van der Waals surface area contributed by atoms with E-state index in [9.17, 15) is 4.79 Å². The normalized spacial score (nSPS) is 10.9. The Kier molecular flexibility index (Phi) is 6.94. The number of ether oxygens (including phenoxy) is 1. The molecule has 3 nitrogen and oxygen atoms in total. The predicted molar refractivity (Wildman–Crippen MR) is 74.4 cm³/mol. The fourth-order valence-electron chi connectivity index (χ4n) is 1.59. The monoisotopic (exact) mass is 269 g/mol. The number of Topliss-reactive ketones (excluding diaryl/α,β-unsaturated/α-hetero) is 1. The fourth-order valence-corrected chi connectivity index (χ4v) is 1.83. The van der Waals surface area contributed by atoms with E-state index in [-0.39, 0.29) is 5.78 Å². The smallest absolute Gasteiger partial charge is 0.165 e. The van der Waals surface area contributed by atoms with Gasteiger partial charge in [-0.3, -0.25) is 4.79 Å². The van der Waals surface area contributed by atoms with Crippen molar-refractivity contribution < 1.29 is 9.53 Å². The minimum atomic E-state index is 0.0869. The van der Waals surface area contributed by atoms with Crippen molar-refractivity contribution in [2.75, 3.05) is 33.4 Å². The molecule has 0 fully saturated rings. The van der Waals surface area contributed by atoms with Crippen molar-refractivity contribution in [2.24, 2.45) is 0 Å². The lowest BCUT2D eigenvalue weighted by Crippen LogP contribution is -2.26. The molecule has 1 rings (SSSR count). The lowest BCUT2D eigenvalue weighted by atomic mass is 10.1. The van der Waals surface area contributed by atoms with E-state index in [4.69, 9.17) is 16.3 Å². The van der Waals surface area contributed by atoms with Gasteiger partial charge in [-0.2, -0.15) is 0 Å². The molecule has 0 spiro atoms. The number of carbonyl (C=O) groups is 1. The highest BCUT2D eigenvalue weighted by Gasteiger charge is 2.10. The van der Waals surface area contributed by atoms with Gasteiger partial charge in [0.05, 0.1) is 11.6 Å². The van der Waals surface area contributed by atoms with Gasteiger partial charge in [0.15, 0.2) is 5.78 Å². The van der Waals surface area contributed by atoms with Gasteiger partial charge in [-0.25, -0.2) is 0 Å². The molecule has 0 aliphatic carbocycles. The molecule has 0 aromatic heterocycles. The van der Waals surface area contributed by atoms with Crippen LogP contribution in [0.2, 0.25) is 5.02 Å². The molecule has 0 atom stereocenters. The summed E-state index contributed by atoms with van der Waals surface area (Å²) in [5, 5.41) is 0.527. The number of rotatable bonds is 8. The molecule has 0 N–H and O–H groups in total. The van der Waals surface area contributed by atoms with Gasteiger partial charge in [0.25, 0.3) is 0 Å². The molecule has 4 heteroatoms. The minimum Gasteiger partial charge on any atom is -0.380 e. The van der Waals surface area contributed by atoms with Crippen LogP contribution < -0.4 is 0 Å². The van der Waals surface area contributed by atoms with Crippen LogP contribution >= 0.6 is 11.6 Å². The zero-order chi connectivity index (χ0) is 13.4. The Morgan fingerprint density at radius 3 is 2.72 bits per heavy atom. The van der Waals surface area contributed by atoms with Crippen molar-refractivity contribution >= 4 is 17.4 Å². The molecule has 18 heavy (non-hydrogen) atoms. The molecule has 0 radical (unpaired) electrons. The molecule has 100 valence electrons. The minimum absolute atomic E-state index is 0.0869. The molecule has 0 saturated carbocycles. The summed E-state index contributed by atoms with van der Waals surface area (Å²) >= 11 is 5.98. The van der Waals surface area contributed by atoms with Gasteiger partial charge in [0.2, 0.25) is 0 Å². The van der Waals surface area contributed by atoms with E-state index in [1.807, 2.05) is 26.1 Å². The number of hydrogen-bond acceptors (Lipinski definition) is 3. The van der Waals surface area contributed by atoms with Gasteiger partial charge in [-0.05, 0) is 26.1 Å². The summed E-state index contributed by atoms with van der Waals surface area (Å²) in [5.41, 5.74) is 0.609. The summed E-state index contributed by atoms with van der Waals surface area (Å²) in [5.74, 6) is 0.0869. The number of nitrogens with zero attached hydrogens (tertiary/aromatic N) is 1. The molecular weight excluding hydrogens is 250 g/mol. The number of carbonyl (C=O) groups excluding carboxylic acids is 1. The zero-order valence-electron chi connectivity index (χ0n) is 11.0. The Labute approximate surface area is 114 Å². The molecular formula is C14H20ClNO2. The standard InChI is InChI=1S/C14H20ClNO2/c1-3-18-11-10-16(2)9-8-14(17)12-6-4-5-7-13(12)15/h4-7H,3,8-11H2,1-2H3. The van der Waals surface area contributed by atoms with E-state index in [1.165, 1.54) is 0 Å². The highest BCUT2D eigenvalue weighted by Crippen LogP contribution is 2.16. The zero-order valence-corrected chi connectivity index (χ0v) is 11.7. The van der Waals surface area contributed by atoms with Crippen LogP contribution in [-0.2, 0) is 4.74 Å². The molecule has 0 bridgehead atoms. The Morgan fingerprint density at radius 1 is 1.33 bits per heavy atom. The topological polar surface area (TPSA) is 29.5 Å². The van der Waals surface area contributed by atoms with Crippen LogP contribution in [0.5, 0.6) is 0 Å². The van der Waals surface area contributed by atoms with Crippen LogP contribution in [0.25, 0.3) is 0 Å². The Balaban J connectivity index is 2.35. The Morgan fingerprint density at radius 2 is 2.06 bits per heavy atom. The summed E-state index contributed by atoms with van der Waals surface area (Å²) in [4.78, 5) is 14.0. The second-order valence-electron chi connectivity index (χ2n) is 4.15. The number of likely N-dealkylation sites (N-methyl/N-ethyl adjacent to an activating group) is 1. The lowest BCUT2D eigenvalue weighted by Gasteiger charge is -2.15. The molecule has 0 unspecified atom stereocenters. The second-order valence-corrected chi connectivity index (χ2v) is 4.56. The summed E-state index contributed by atoms with van der Waals surface area (Å²) in [6.45, 7) is 4.96. The molecule has 0 heterocycles. The van der Waals surface area contributed by atoms with E-state index in [0.29, 0.717) is 23.6 Å². The Bertz CT molecular complexity index is 382. The van der Waals surface area contributed by atoms with Crippen molar-refractivity contribution in [1.82, 2.24) is 4.90 Å². The predicted octanol–water partition coefficient (Wildman–Crippen LogP) is 2.88. The van der Waals surface area contributed by atoms with E-state index in [1.54, 1.807) is 12.1 Å². The van der Waals surface area contributed by atoms with Gasteiger partial charge in [0.1, 0.15) is 0 Å². The van der Waals surface area contributed by atoms with Crippen molar-refractivity contribution in [3.63, 3.8) is 0 Å². The third-order valence-corrected chi connectivity index (χ3v) is 3.05. The quantitative estimate of drug-likeness (QED) is 0.537. The third-order valence-electron chi connectivity index (χ3n) is 2.72. The molecule has 0 aliphatic rings. The van der Waals surface area contributed by atoms with Crippen LogP contribution in [0.4, 0.5) is 0 Å². The van der Waals surface area contributed by atoms with Crippen molar-refractivity contribution in [3.8, 4) is 0 Å². The summed E-state index contributed by atoms with van der Waals surface area (Å²) in [6, 6.07) is 7.17. The molecule has 0 amide bonds. The average molecular weight is 270 g/mol. The van der Waals surface area contributed by atoms with Gasteiger partial charge in [0, 0.05) is 31.7 Å². The first kappa shape index (κ1) is 15.2. The average Bonchev–Trinajstić information content (AvgIpc) is 2.37. The third kappa shape index (κ3) is 5.17. The SMILES string of the molecule is CCOCCN(C)CCC(=O)c1ccccc1Cl. The largest absolute Gasteiger partial charge is 0.380 e. The van der Waals surface area contributed by atoms with Crippen LogP contribution in [-0.4, -0.2) is 44.0 Å². The van der Waals surface area contributed by atoms with E-state index < -0.39 is 0 Å². The van der Waals surface area contributed by atoms with E-state index >= 15 is 0 Å². The molecule has 1 aromatic carbocycles. The molecule has 0 aliphatic heterocycles. The maximum absolute atomic E-state index is 12.0. The van der Waals surface area contributed by atoms with Crippen molar-refractivity contribution in [1.29, 1.82) is 0 Å². The van der Waals surface area contributed by atoms with Crippen LogP contribution in [0.3, 0.4) is 0 Å². The first-order chi connectivity index (χ1) is 8.65. The fraction of sp³-hybridized carbons (Fsp3) is 0.500.